The minimum atomic E-state index is -0.545. The number of carbonyl (C=O) groups excluding carboxylic acids is 1. The Balaban J connectivity index is 1.67. The molecule has 3 aromatic rings. The van der Waals surface area contributed by atoms with Gasteiger partial charge in [0.1, 0.15) is 5.75 Å². The number of hydrogen-bond donors (Lipinski definition) is 1. The lowest BCUT2D eigenvalue weighted by molar-refractivity contribution is -0.122. The van der Waals surface area contributed by atoms with Gasteiger partial charge >= 0.3 is 0 Å². The highest BCUT2D eigenvalue weighted by molar-refractivity contribution is 5.95. The third-order valence-electron chi connectivity index (χ3n) is 5.20. The largest absolute Gasteiger partial charge is 0.480 e. The van der Waals surface area contributed by atoms with E-state index in [1.807, 2.05) is 61.5 Å². The van der Waals surface area contributed by atoms with Gasteiger partial charge in [-0.25, -0.2) is 0 Å². The molecule has 0 radical (unpaired) electrons. The second kappa shape index (κ2) is 10.1. The molecule has 1 amide bonds. The highest BCUT2D eigenvalue weighted by Crippen LogP contribution is 2.26. The number of rotatable bonds is 9. The fraction of sp³-hybridized carbons (Fsp3) is 0.320. The Kier molecular flexibility index (Phi) is 7.25. The first-order valence-corrected chi connectivity index (χ1v) is 10.4. The van der Waals surface area contributed by atoms with Crippen molar-refractivity contribution in [3.63, 3.8) is 0 Å². The third-order valence-corrected chi connectivity index (χ3v) is 5.20. The predicted molar refractivity (Wildman–Crippen MR) is 120 cm³/mol. The molecule has 0 bridgehead atoms. The summed E-state index contributed by atoms with van der Waals surface area (Å²) in [7, 11) is 0. The van der Waals surface area contributed by atoms with Gasteiger partial charge in [0, 0.05) is 17.6 Å². The lowest BCUT2D eigenvalue weighted by Gasteiger charge is -2.19. The minimum Gasteiger partial charge on any atom is -0.480 e. The van der Waals surface area contributed by atoms with Crippen molar-refractivity contribution < 1.29 is 9.53 Å². The summed E-state index contributed by atoms with van der Waals surface area (Å²) in [5, 5.41) is 5.11. The van der Waals surface area contributed by atoms with E-state index in [0.29, 0.717) is 6.42 Å². The molecule has 0 spiro atoms. The molecule has 3 rings (SSSR count). The molecule has 1 N–H and O–H groups in total. The highest BCUT2D eigenvalue weighted by Gasteiger charge is 2.19. The van der Waals surface area contributed by atoms with E-state index in [2.05, 4.69) is 36.2 Å². The fourth-order valence-electron chi connectivity index (χ4n) is 3.40. The molecule has 0 aliphatic carbocycles. The Morgan fingerprint density at radius 1 is 0.931 bits per heavy atom. The van der Waals surface area contributed by atoms with Gasteiger partial charge in [0.05, 0.1) is 0 Å². The molecular formula is C25H30N2O2. The second-order valence-corrected chi connectivity index (χ2v) is 7.14. The van der Waals surface area contributed by atoms with Crippen LogP contribution in [-0.2, 0) is 11.3 Å². The van der Waals surface area contributed by atoms with Crippen LogP contribution >= 0.6 is 0 Å². The van der Waals surface area contributed by atoms with E-state index in [9.17, 15) is 4.79 Å². The number of anilines is 1. The number of nitrogens with one attached hydrogen (secondary N) is 1. The van der Waals surface area contributed by atoms with Crippen molar-refractivity contribution in [3.05, 3.63) is 72.3 Å². The number of benzene rings is 3. The molecule has 0 saturated heterocycles. The van der Waals surface area contributed by atoms with Crippen LogP contribution in [0.5, 0.6) is 5.75 Å². The van der Waals surface area contributed by atoms with E-state index >= 15 is 0 Å². The van der Waals surface area contributed by atoms with Gasteiger partial charge < -0.3 is 10.1 Å². The summed E-state index contributed by atoms with van der Waals surface area (Å²) in [6, 6.07) is 22.0. The van der Waals surface area contributed by atoms with Crippen LogP contribution in [0.3, 0.4) is 0 Å². The summed E-state index contributed by atoms with van der Waals surface area (Å²) in [4.78, 5) is 15.2. The summed E-state index contributed by atoms with van der Waals surface area (Å²) in [5.74, 6) is 0.608. The average Bonchev–Trinajstić information content (AvgIpc) is 2.76. The van der Waals surface area contributed by atoms with Gasteiger partial charge in [-0.3, -0.25) is 9.69 Å². The Labute approximate surface area is 173 Å². The van der Waals surface area contributed by atoms with Crippen molar-refractivity contribution in [2.75, 3.05) is 18.4 Å². The molecule has 0 aromatic heterocycles. The topological polar surface area (TPSA) is 41.6 Å². The smallest absolute Gasteiger partial charge is 0.265 e. The number of fused-ring (bicyclic) bond motifs is 1. The van der Waals surface area contributed by atoms with Crippen molar-refractivity contribution in [2.24, 2.45) is 0 Å². The second-order valence-electron chi connectivity index (χ2n) is 7.14. The van der Waals surface area contributed by atoms with Gasteiger partial charge in [0.15, 0.2) is 6.10 Å². The monoisotopic (exact) mass is 390 g/mol. The normalized spacial score (nSPS) is 12.1. The van der Waals surface area contributed by atoms with Gasteiger partial charge in [-0.2, -0.15) is 0 Å². The fourth-order valence-corrected chi connectivity index (χ4v) is 3.40. The zero-order valence-corrected chi connectivity index (χ0v) is 17.5. The first-order valence-electron chi connectivity index (χ1n) is 10.4. The molecule has 0 saturated carbocycles. The lowest BCUT2D eigenvalue weighted by Crippen LogP contribution is -2.32. The van der Waals surface area contributed by atoms with Crippen molar-refractivity contribution in [1.29, 1.82) is 0 Å². The number of ether oxygens (including phenoxy) is 1. The first-order chi connectivity index (χ1) is 14.1. The van der Waals surface area contributed by atoms with E-state index in [1.165, 1.54) is 5.56 Å². The van der Waals surface area contributed by atoms with Crippen LogP contribution in [-0.4, -0.2) is 30.0 Å². The molecule has 0 unspecified atom stereocenters. The van der Waals surface area contributed by atoms with E-state index in [1.54, 1.807) is 0 Å². The van der Waals surface area contributed by atoms with Crippen LogP contribution in [0.4, 0.5) is 5.69 Å². The van der Waals surface area contributed by atoms with Crippen molar-refractivity contribution in [1.82, 2.24) is 4.90 Å². The first kappa shape index (κ1) is 20.9. The minimum absolute atomic E-state index is 0.128. The van der Waals surface area contributed by atoms with Crippen molar-refractivity contribution >= 4 is 22.4 Å². The Morgan fingerprint density at radius 2 is 1.62 bits per heavy atom. The summed E-state index contributed by atoms with van der Waals surface area (Å²) in [5.41, 5.74) is 2.03. The Morgan fingerprint density at radius 3 is 2.31 bits per heavy atom. The quantitative estimate of drug-likeness (QED) is 0.526. The number of carbonyl (C=O) groups is 1. The van der Waals surface area contributed by atoms with Gasteiger partial charge in [-0.05, 0) is 48.7 Å². The average molecular weight is 391 g/mol. The molecule has 0 heterocycles. The summed E-state index contributed by atoms with van der Waals surface area (Å²) >= 11 is 0. The third kappa shape index (κ3) is 5.36. The summed E-state index contributed by atoms with van der Waals surface area (Å²) in [6.45, 7) is 9.26. The molecular weight excluding hydrogens is 360 g/mol. The SMILES string of the molecule is CC[C@@H](Oc1cccc2ccccc12)C(=O)Nc1ccc(CN(CC)CC)cc1. The molecule has 0 fully saturated rings. The standard InChI is InChI=1S/C25H30N2O2/c1-4-23(29-24-13-9-11-20-10-7-8-12-22(20)24)25(28)26-21-16-14-19(15-17-21)18-27(5-2)6-3/h7-17,23H,4-6,18H2,1-3H3,(H,26,28)/t23-/m1/s1. The molecule has 152 valence electrons. The van der Waals surface area contributed by atoms with Gasteiger partial charge in [-0.1, -0.05) is 69.3 Å². The maximum Gasteiger partial charge on any atom is 0.265 e. The molecule has 3 aromatic carbocycles. The molecule has 29 heavy (non-hydrogen) atoms. The van der Waals surface area contributed by atoms with E-state index in [-0.39, 0.29) is 5.91 Å². The van der Waals surface area contributed by atoms with Crippen LogP contribution in [0.1, 0.15) is 32.8 Å². The zero-order valence-electron chi connectivity index (χ0n) is 17.5. The maximum atomic E-state index is 12.8. The molecule has 0 aliphatic heterocycles. The van der Waals surface area contributed by atoms with Crippen LogP contribution in [0.25, 0.3) is 10.8 Å². The van der Waals surface area contributed by atoms with E-state index in [0.717, 1.165) is 41.8 Å². The van der Waals surface area contributed by atoms with E-state index in [4.69, 9.17) is 4.74 Å². The van der Waals surface area contributed by atoms with Crippen LogP contribution in [0, 0.1) is 0 Å². The molecule has 4 nitrogen and oxygen atoms in total. The van der Waals surface area contributed by atoms with Crippen LogP contribution in [0.15, 0.2) is 66.7 Å². The lowest BCUT2D eigenvalue weighted by atomic mass is 10.1. The van der Waals surface area contributed by atoms with Crippen molar-refractivity contribution in [2.45, 2.75) is 39.8 Å². The zero-order chi connectivity index (χ0) is 20.6. The van der Waals surface area contributed by atoms with Crippen molar-refractivity contribution in [3.8, 4) is 5.75 Å². The van der Waals surface area contributed by atoms with Crippen LogP contribution in [0.2, 0.25) is 0 Å². The summed E-state index contributed by atoms with van der Waals surface area (Å²) < 4.78 is 6.10. The van der Waals surface area contributed by atoms with Gasteiger partial charge in [-0.15, -0.1) is 0 Å². The van der Waals surface area contributed by atoms with Gasteiger partial charge in [0.2, 0.25) is 0 Å². The van der Waals surface area contributed by atoms with Crippen LogP contribution < -0.4 is 10.1 Å². The molecule has 0 aliphatic rings. The number of amides is 1. The van der Waals surface area contributed by atoms with E-state index < -0.39 is 6.10 Å². The Hall–Kier alpha value is -2.85. The number of nitrogens with zero attached hydrogens (tertiary/aromatic N) is 1. The predicted octanol–water partition coefficient (Wildman–Crippen LogP) is 5.48. The summed E-state index contributed by atoms with van der Waals surface area (Å²) in [6.07, 6.45) is 0.0471. The number of hydrogen-bond acceptors (Lipinski definition) is 3. The van der Waals surface area contributed by atoms with Gasteiger partial charge in [0.25, 0.3) is 5.91 Å². The maximum absolute atomic E-state index is 12.8. The molecule has 4 heteroatoms. The Bertz CT molecular complexity index is 928. The highest BCUT2D eigenvalue weighted by atomic mass is 16.5. The molecule has 1 atom stereocenters.